The summed E-state index contributed by atoms with van der Waals surface area (Å²) in [4.78, 5) is 6.69. The van der Waals surface area contributed by atoms with Crippen LogP contribution < -0.4 is 15.1 Å². The van der Waals surface area contributed by atoms with E-state index in [0.29, 0.717) is 30.7 Å². The van der Waals surface area contributed by atoms with Gasteiger partial charge in [0.1, 0.15) is 12.4 Å². The number of hydrazone groups is 1. The van der Waals surface area contributed by atoms with E-state index >= 15 is 0 Å². The maximum Gasteiger partial charge on any atom is 0.216 e. The molecule has 2 aromatic heterocycles. The fraction of sp³-hybridized carbons (Fsp3) is 0.500. The third-order valence-corrected chi connectivity index (χ3v) is 4.29. The van der Waals surface area contributed by atoms with Crippen LogP contribution in [-0.2, 0) is 4.74 Å². The van der Waals surface area contributed by atoms with E-state index in [1.54, 1.807) is 20.1 Å². The van der Waals surface area contributed by atoms with Crippen LogP contribution >= 0.6 is 0 Å². The van der Waals surface area contributed by atoms with Gasteiger partial charge < -0.3 is 23.9 Å². The van der Waals surface area contributed by atoms with Gasteiger partial charge in [-0.05, 0) is 39.3 Å². The Morgan fingerprint density at radius 1 is 1.29 bits per heavy atom. The van der Waals surface area contributed by atoms with Crippen molar-refractivity contribution in [2.45, 2.75) is 33.3 Å². The molecule has 1 aliphatic heterocycles. The second kappa shape index (κ2) is 8.62. The largest absolute Gasteiger partial charge is 0.475 e. The Bertz CT molecular complexity index is 801. The number of aliphatic hydroxyl groups is 1. The first kappa shape index (κ1) is 20.2. The Hall–Kier alpha value is -2.58. The highest BCUT2D eigenvalue weighted by molar-refractivity contribution is 5.79. The van der Waals surface area contributed by atoms with Crippen molar-refractivity contribution in [2.24, 2.45) is 5.10 Å². The van der Waals surface area contributed by atoms with Crippen LogP contribution in [-0.4, -0.2) is 54.8 Å². The summed E-state index contributed by atoms with van der Waals surface area (Å²) in [5.41, 5.74) is 4.62. The number of pyridine rings is 1. The lowest BCUT2D eigenvalue weighted by molar-refractivity contribution is 0.0268. The average Bonchev–Trinajstić information content (AvgIpc) is 2.98. The summed E-state index contributed by atoms with van der Waals surface area (Å²) < 4.78 is 16.7. The molecule has 28 heavy (non-hydrogen) atoms. The third kappa shape index (κ3) is 5.71. The van der Waals surface area contributed by atoms with Gasteiger partial charge in [0.2, 0.25) is 11.8 Å². The molecule has 0 aromatic carbocycles. The first-order valence-corrected chi connectivity index (χ1v) is 9.36. The summed E-state index contributed by atoms with van der Waals surface area (Å²) in [5, 5.41) is 14.2. The van der Waals surface area contributed by atoms with E-state index in [0.717, 1.165) is 30.1 Å². The number of furan rings is 1. The number of nitrogens with zero attached hydrogens (tertiary/aromatic N) is 3. The third-order valence-electron chi connectivity index (χ3n) is 4.29. The highest BCUT2D eigenvalue weighted by Crippen LogP contribution is 2.23. The molecular weight excluding hydrogens is 360 g/mol. The van der Waals surface area contributed by atoms with Gasteiger partial charge in [-0.3, -0.25) is 0 Å². The number of aromatic nitrogens is 1. The average molecular weight is 388 g/mol. The zero-order chi connectivity index (χ0) is 20.1. The molecule has 0 aliphatic carbocycles. The lowest BCUT2D eigenvalue weighted by atomic mass is 10.2. The van der Waals surface area contributed by atoms with Crippen LogP contribution in [0.1, 0.15) is 30.9 Å². The van der Waals surface area contributed by atoms with Crippen molar-refractivity contribution in [1.29, 1.82) is 0 Å². The van der Waals surface area contributed by atoms with Gasteiger partial charge in [0.15, 0.2) is 0 Å². The fourth-order valence-electron chi connectivity index (χ4n) is 2.70. The molecule has 8 heteroatoms. The summed E-state index contributed by atoms with van der Waals surface area (Å²) in [6.45, 7) is 10.4. The number of hydrogen-bond donors (Lipinski definition) is 2. The minimum atomic E-state index is -0.943. The Labute approximate surface area is 165 Å². The maximum absolute atomic E-state index is 9.93. The zero-order valence-corrected chi connectivity index (χ0v) is 16.9. The highest BCUT2D eigenvalue weighted by atomic mass is 16.5. The molecule has 0 radical (unpaired) electrons. The number of nitrogens with one attached hydrogen (secondary N) is 1. The number of aryl methyl sites for hydroxylation is 2. The molecular formula is C20H28N4O4. The molecule has 2 N–H and O–H groups in total. The molecule has 0 bridgehead atoms. The number of rotatable bonds is 7. The molecule has 0 atom stereocenters. The van der Waals surface area contributed by atoms with Crippen molar-refractivity contribution in [3.05, 3.63) is 35.2 Å². The molecule has 3 rings (SSSR count). The zero-order valence-electron chi connectivity index (χ0n) is 16.9. The van der Waals surface area contributed by atoms with Crippen LogP contribution in [0.3, 0.4) is 0 Å². The molecule has 0 amide bonds. The van der Waals surface area contributed by atoms with Crippen LogP contribution in [0.2, 0.25) is 0 Å². The topological polar surface area (TPSA) is 92.4 Å². The highest BCUT2D eigenvalue weighted by Gasteiger charge is 2.17. The van der Waals surface area contributed by atoms with Gasteiger partial charge in [0, 0.05) is 30.9 Å². The van der Waals surface area contributed by atoms with Crippen molar-refractivity contribution >= 4 is 17.8 Å². The van der Waals surface area contributed by atoms with Gasteiger partial charge in [0.05, 0.1) is 30.7 Å². The second-order valence-corrected chi connectivity index (χ2v) is 7.51. The summed E-state index contributed by atoms with van der Waals surface area (Å²) >= 11 is 0. The van der Waals surface area contributed by atoms with Crippen molar-refractivity contribution in [1.82, 2.24) is 4.98 Å². The van der Waals surface area contributed by atoms with Crippen LogP contribution in [0.15, 0.2) is 27.7 Å². The molecule has 2 aromatic rings. The lowest BCUT2D eigenvalue weighted by Gasteiger charge is -2.29. The van der Waals surface area contributed by atoms with Crippen LogP contribution in [0, 0.1) is 13.8 Å². The van der Waals surface area contributed by atoms with E-state index in [1.165, 1.54) is 0 Å². The van der Waals surface area contributed by atoms with Crippen LogP contribution in [0.25, 0.3) is 0 Å². The van der Waals surface area contributed by atoms with E-state index in [9.17, 15) is 5.11 Å². The molecule has 1 saturated heterocycles. The monoisotopic (exact) mass is 388 g/mol. The van der Waals surface area contributed by atoms with Crippen molar-refractivity contribution in [2.75, 3.05) is 43.2 Å². The number of hydrogen-bond acceptors (Lipinski definition) is 8. The minimum Gasteiger partial charge on any atom is -0.475 e. The molecule has 8 nitrogen and oxygen atoms in total. The molecule has 0 unspecified atom stereocenters. The van der Waals surface area contributed by atoms with Gasteiger partial charge in [-0.25, -0.2) is 10.4 Å². The predicted octanol–water partition coefficient (Wildman–Crippen LogP) is 2.72. The molecule has 1 fully saturated rings. The summed E-state index contributed by atoms with van der Waals surface area (Å²) in [7, 11) is 0. The molecule has 152 valence electrons. The van der Waals surface area contributed by atoms with Gasteiger partial charge in [-0.1, -0.05) is 0 Å². The molecule has 0 spiro atoms. The quantitative estimate of drug-likeness (QED) is 0.556. The lowest BCUT2D eigenvalue weighted by Crippen LogP contribution is -2.36. The smallest absolute Gasteiger partial charge is 0.216 e. The molecule has 3 heterocycles. The predicted molar refractivity (Wildman–Crippen MR) is 108 cm³/mol. The van der Waals surface area contributed by atoms with Gasteiger partial charge in [-0.2, -0.15) is 5.10 Å². The van der Waals surface area contributed by atoms with E-state index in [1.807, 2.05) is 32.0 Å². The Balaban J connectivity index is 1.78. The van der Waals surface area contributed by atoms with Gasteiger partial charge in [0.25, 0.3) is 0 Å². The van der Waals surface area contributed by atoms with Gasteiger partial charge >= 0.3 is 0 Å². The van der Waals surface area contributed by atoms with E-state index < -0.39 is 5.60 Å². The normalized spacial score (nSPS) is 15.2. The Morgan fingerprint density at radius 2 is 2.04 bits per heavy atom. The maximum atomic E-state index is 9.93. The molecule has 0 saturated carbocycles. The Morgan fingerprint density at radius 3 is 2.68 bits per heavy atom. The van der Waals surface area contributed by atoms with E-state index in [4.69, 9.17) is 13.9 Å². The van der Waals surface area contributed by atoms with Crippen LogP contribution in [0.5, 0.6) is 5.88 Å². The molecule has 1 aliphatic rings. The number of ether oxygens (including phenoxy) is 2. The van der Waals surface area contributed by atoms with E-state index in [2.05, 4.69) is 20.4 Å². The van der Waals surface area contributed by atoms with E-state index in [-0.39, 0.29) is 6.61 Å². The number of morpholine rings is 1. The van der Waals surface area contributed by atoms with Gasteiger partial charge in [-0.15, -0.1) is 0 Å². The first-order valence-electron chi connectivity index (χ1n) is 9.36. The van der Waals surface area contributed by atoms with Crippen molar-refractivity contribution in [3.63, 3.8) is 0 Å². The summed E-state index contributed by atoms with van der Waals surface area (Å²) in [6, 6.07) is 5.72. The second-order valence-electron chi connectivity index (χ2n) is 7.51. The SMILES string of the molecule is Cc1cc(NN=Cc2cc(N3CCOCC3)cc(OCC(C)(C)O)n2)oc1C. The Kier molecular flexibility index (Phi) is 6.21. The summed E-state index contributed by atoms with van der Waals surface area (Å²) in [6.07, 6.45) is 1.62. The number of anilines is 2. The first-order chi connectivity index (χ1) is 13.3. The minimum absolute atomic E-state index is 0.145. The van der Waals surface area contributed by atoms with Crippen molar-refractivity contribution in [3.8, 4) is 5.88 Å². The standard InChI is InChI=1S/C20H28N4O4/c1-14-9-19(28-15(14)2)23-21-12-16-10-17(24-5-7-26-8-6-24)11-18(22-16)27-13-20(3,4)25/h9-12,23,25H,5-8,13H2,1-4H3. The van der Waals surface area contributed by atoms with Crippen molar-refractivity contribution < 1.29 is 19.0 Å². The summed E-state index contributed by atoms with van der Waals surface area (Å²) in [5.74, 6) is 1.87. The van der Waals surface area contributed by atoms with Crippen LogP contribution in [0.4, 0.5) is 11.6 Å². The fourth-order valence-corrected chi connectivity index (χ4v) is 2.70.